The van der Waals surface area contributed by atoms with Gasteiger partial charge >= 0.3 is 0 Å². The summed E-state index contributed by atoms with van der Waals surface area (Å²) in [6.45, 7) is 0.318. The van der Waals surface area contributed by atoms with Gasteiger partial charge in [0.2, 0.25) is 0 Å². The van der Waals surface area contributed by atoms with Gasteiger partial charge in [-0.2, -0.15) is 0 Å². The Morgan fingerprint density at radius 3 is 2.40 bits per heavy atom. The van der Waals surface area contributed by atoms with E-state index < -0.39 is 11.7 Å². The first-order valence-corrected chi connectivity index (χ1v) is 6.54. The van der Waals surface area contributed by atoms with Crippen LogP contribution < -0.4 is 5.32 Å². The molecule has 0 atom stereocenters. The molecule has 20 heavy (non-hydrogen) atoms. The molecule has 0 unspecified atom stereocenters. The van der Waals surface area contributed by atoms with Gasteiger partial charge < -0.3 is 10.4 Å². The highest BCUT2D eigenvalue weighted by Crippen LogP contribution is 2.18. The van der Waals surface area contributed by atoms with E-state index in [-0.39, 0.29) is 11.3 Å². The summed E-state index contributed by atoms with van der Waals surface area (Å²) >= 11 is 5.69. The van der Waals surface area contributed by atoms with E-state index in [9.17, 15) is 14.3 Å². The molecule has 0 fully saturated rings. The molecule has 0 aliphatic heterocycles. The van der Waals surface area contributed by atoms with E-state index in [1.807, 2.05) is 24.3 Å². The average Bonchev–Trinajstić information content (AvgIpc) is 2.45. The third-order valence-corrected chi connectivity index (χ3v) is 3.14. The molecule has 0 radical (unpaired) electrons. The molecule has 104 valence electrons. The van der Waals surface area contributed by atoms with Crippen molar-refractivity contribution in [2.75, 3.05) is 0 Å². The van der Waals surface area contributed by atoms with Gasteiger partial charge in [0.05, 0.1) is 5.56 Å². The lowest BCUT2D eigenvalue weighted by molar-refractivity contribution is 0.0948. The fraction of sp³-hybridized carbons (Fsp3) is 0.133. The van der Waals surface area contributed by atoms with Crippen LogP contribution in [0.15, 0.2) is 42.5 Å². The van der Waals surface area contributed by atoms with Crippen LogP contribution in [0.5, 0.6) is 5.75 Å². The number of phenolic OH excluding ortho intramolecular Hbond substituents is 1. The van der Waals surface area contributed by atoms with Crippen molar-refractivity contribution in [2.24, 2.45) is 0 Å². The van der Waals surface area contributed by atoms with Crippen molar-refractivity contribution in [3.63, 3.8) is 0 Å². The standard InChI is InChI=1S/C15H13ClFNO2/c16-8-10-1-3-11(4-2-10)9-18-15(20)13-6-5-12(17)7-14(13)19/h1-7,19H,8-9H2,(H,18,20). The molecule has 0 heterocycles. The van der Waals surface area contributed by atoms with Gasteiger partial charge in [0, 0.05) is 18.5 Å². The van der Waals surface area contributed by atoms with Gasteiger partial charge in [-0.3, -0.25) is 4.79 Å². The van der Waals surface area contributed by atoms with Crippen molar-refractivity contribution >= 4 is 17.5 Å². The average molecular weight is 294 g/mol. The molecule has 2 N–H and O–H groups in total. The van der Waals surface area contributed by atoms with Crippen molar-refractivity contribution in [1.82, 2.24) is 5.32 Å². The maximum absolute atomic E-state index is 12.8. The van der Waals surface area contributed by atoms with Crippen molar-refractivity contribution < 1.29 is 14.3 Å². The summed E-state index contributed by atoms with van der Waals surface area (Å²) in [5, 5.41) is 12.2. The van der Waals surface area contributed by atoms with Crippen LogP contribution >= 0.6 is 11.6 Å². The molecular weight excluding hydrogens is 281 g/mol. The van der Waals surface area contributed by atoms with E-state index in [0.717, 1.165) is 23.3 Å². The van der Waals surface area contributed by atoms with Gasteiger partial charge in [0.15, 0.2) is 0 Å². The van der Waals surface area contributed by atoms with E-state index in [1.54, 1.807) is 0 Å². The second kappa shape index (κ2) is 6.39. The van der Waals surface area contributed by atoms with Crippen molar-refractivity contribution in [3.05, 3.63) is 65.0 Å². The van der Waals surface area contributed by atoms with Gasteiger partial charge in [-0.25, -0.2) is 4.39 Å². The van der Waals surface area contributed by atoms with Gasteiger partial charge in [0.1, 0.15) is 11.6 Å². The van der Waals surface area contributed by atoms with E-state index in [1.165, 1.54) is 6.07 Å². The smallest absolute Gasteiger partial charge is 0.255 e. The van der Waals surface area contributed by atoms with Gasteiger partial charge in [0.25, 0.3) is 5.91 Å². The Morgan fingerprint density at radius 1 is 1.15 bits per heavy atom. The zero-order chi connectivity index (χ0) is 14.5. The van der Waals surface area contributed by atoms with E-state index in [2.05, 4.69) is 5.32 Å². The fourth-order valence-corrected chi connectivity index (χ4v) is 1.90. The molecule has 0 saturated carbocycles. The normalized spacial score (nSPS) is 10.3. The summed E-state index contributed by atoms with van der Waals surface area (Å²) in [4.78, 5) is 11.9. The summed E-state index contributed by atoms with van der Waals surface area (Å²) in [5.74, 6) is -0.976. The van der Waals surface area contributed by atoms with Crippen LogP contribution in [0.3, 0.4) is 0 Å². The van der Waals surface area contributed by atoms with Crippen LogP contribution in [0, 0.1) is 5.82 Å². The zero-order valence-electron chi connectivity index (χ0n) is 10.6. The minimum absolute atomic E-state index is 0.0452. The first kappa shape index (κ1) is 14.3. The first-order chi connectivity index (χ1) is 9.60. The van der Waals surface area contributed by atoms with Crippen LogP contribution in [0.4, 0.5) is 4.39 Å². The molecule has 1 amide bonds. The summed E-state index contributed by atoms with van der Waals surface area (Å²) in [7, 11) is 0. The van der Waals surface area contributed by atoms with Gasteiger partial charge in [-0.05, 0) is 23.3 Å². The molecule has 2 aromatic carbocycles. The Morgan fingerprint density at radius 2 is 1.80 bits per heavy atom. The third-order valence-electron chi connectivity index (χ3n) is 2.83. The van der Waals surface area contributed by atoms with Crippen LogP contribution in [-0.4, -0.2) is 11.0 Å². The zero-order valence-corrected chi connectivity index (χ0v) is 11.3. The number of hydrogen-bond donors (Lipinski definition) is 2. The number of alkyl halides is 1. The molecular formula is C15H13ClFNO2. The largest absolute Gasteiger partial charge is 0.507 e. The number of carbonyl (C=O) groups excluding carboxylic acids is 1. The Balaban J connectivity index is 2.00. The van der Waals surface area contributed by atoms with Crippen molar-refractivity contribution in [3.8, 4) is 5.75 Å². The lowest BCUT2D eigenvalue weighted by Gasteiger charge is -2.07. The lowest BCUT2D eigenvalue weighted by atomic mass is 10.1. The number of amides is 1. The molecule has 0 bridgehead atoms. The number of rotatable bonds is 4. The molecule has 0 spiro atoms. The lowest BCUT2D eigenvalue weighted by Crippen LogP contribution is -2.22. The quantitative estimate of drug-likeness (QED) is 0.851. The van der Waals surface area contributed by atoms with E-state index in [0.29, 0.717) is 12.4 Å². The highest BCUT2D eigenvalue weighted by atomic mass is 35.5. The molecule has 0 aliphatic carbocycles. The molecule has 5 heteroatoms. The summed E-state index contributed by atoms with van der Waals surface area (Å²) in [5.41, 5.74) is 1.95. The van der Waals surface area contributed by atoms with Crippen molar-refractivity contribution in [1.29, 1.82) is 0 Å². The van der Waals surface area contributed by atoms with Crippen molar-refractivity contribution in [2.45, 2.75) is 12.4 Å². The van der Waals surface area contributed by atoms with Crippen LogP contribution in [-0.2, 0) is 12.4 Å². The number of nitrogens with one attached hydrogen (secondary N) is 1. The topological polar surface area (TPSA) is 49.3 Å². The van der Waals surface area contributed by atoms with E-state index in [4.69, 9.17) is 11.6 Å². The molecule has 3 nitrogen and oxygen atoms in total. The second-order valence-corrected chi connectivity index (χ2v) is 4.56. The highest BCUT2D eigenvalue weighted by molar-refractivity contribution is 6.17. The number of hydrogen-bond acceptors (Lipinski definition) is 2. The number of carbonyl (C=O) groups is 1. The van der Waals surface area contributed by atoms with Crippen LogP contribution in [0.2, 0.25) is 0 Å². The summed E-state index contributed by atoms with van der Waals surface area (Å²) in [6.07, 6.45) is 0. The summed E-state index contributed by atoms with van der Waals surface area (Å²) in [6, 6.07) is 10.8. The monoisotopic (exact) mass is 293 g/mol. The van der Waals surface area contributed by atoms with E-state index >= 15 is 0 Å². The number of phenols is 1. The van der Waals surface area contributed by atoms with Crippen LogP contribution in [0.25, 0.3) is 0 Å². The minimum Gasteiger partial charge on any atom is -0.507 e. The third kappa shape index (κ3) is 3.48. The molecule has 2 rings (SSSR count). The SMILES string of the molecule is O=C(NCc1ccc(CCl)cc1)c1ccc(F)cc1O. The Labute approximate surface area is 121 Å². The fourth-order valence-electron chi connectivity index (χ4n) is 1.72. The molecule has 0 saturated heterocycles. The Hall–Kier alpha value is -2.07. The molecule has 0 aromatic heterocycles. The predicted molar refractivity (Wildman–Crippen MR) is 75.2 cm³/mol. The minimum atomic E-state index is -0.587. The number of aromatic hydroxyl groups is 1. The summed E-state index contributed by atoms with van der Waals surface area (Å²) < 4.78 is 12.8. The molecule has 2 aromatic rings. The Kier molecular flexibility index (Phi) is 4.58. The van der Waals surface area contributed by atoms with Gasteiger partial charge in [-0.15, -0.1) is 11.6 Å². The first-order valence-electron chi connectivity index (χ1n) is 6.00. The predicted octanol–water partition coefficient (Wildman–Crippen LogP) is 3.20. The second-order valence-electron chi connectivity index (χ2n) is 4.29. The molecule has 0 aliphatic rings. The number of benzene rings is 2. The maximum Gasteiger partial charge on any atom is 0.255 e. The van der Waals surface area contributed by atoms with Gasteiger partial charge in [-0.1, -0.05) is 24.3 Å². The maximum atomic E-state index is 12.8. The van der Waals surface area contributed by atoms with Crippen LogP contribution in [0.1, 0.15) is 21.5 Å². The highest BCUT2D eigenvalue weighted by Gasteiger charge is 2.11. The number of halogens is 2. The Bertz CT molecular complexity index is 614.